The minimum absolute atomic E-state index is 0.0352. The van der Waals surface area contributed by atoms with Gasteiger partial charge in [0, 0.05) is 26.2 Å². The summed E-state index contributed by atoms with van der Waals surface area (Å²) in [6, 6.07) is 2.43. The number of anilines is 1. The molecule has 0 saturated carbocycles. The van der Waals surface area contributed by atoms with E-state index >= 15 is 0 Å². The molecular formula is C13H18ClN5. The minimum atomic E-state index is 0.0352. The van der Waals surface area contributed by atoms with Gasteiger partial charge in [0.15, 0.2) is 5.82 Å². The van der Waals surface area contributed by atoms with E-state index in [1.54, 1.807) is 6.20 Å². The number of hydrogen-bond donors (Lipinski definition) is 0. The van der Waals surface area contributed by atoms with E-state index in [1.165, 1.54) is 6.33 Å². The number of halogens is 1. The molecule has 1 fully saturated rings. The average molecular weight is 280 g/mol. The van der Waals surface area contributed by atoms with Gasteiger partial charge in [0.1, 0.15) is 11.3 Å². The van der Waals surface area contributed by atoms with Crippen LogP contribution in [0.1, 0.15) is 19.8 Å². The maximum Gasteiger partial charge on any atom is 0.150 e. The van der Waals surface area contributed by atoms with Crippen LogP contribution in [0.3, 0.4) is 0 Å². The first kappa shape index (κ1) is 14.0. The molecule has 0 aliphatic carbocycles. The van der Waals surface area contributed by atoms with E-state index in [4.69, 9.17) is 11.6 Å². The third-order valence-electron chi connectivity index (χ3n) is 3.41. The fourth-order valence-corrected chi connectivity index (χ4v) is 2.61. The molecule has 2 heterocycles. The van der Waals surface area contributed by atoms with Gasteiger partial charge in [0.2, 0.25) is 0 Å². The van der Waals surface area contributed by atoms with Crippen molar-refractivity contribution in [3.8, 4) is 6.07 Å². The van der Waals surface area contributed by atoms with Crippen molar-refractivity contribution in [1.29, 1.82) is 5.26 Å². The van der Waals surface area contributed by atoms with E-state index in [-0.39, 0.29) is 6.04 Å². The average Bonchev–Trinajstić information content (AvgIpc) is 2.46. The molecule has 19 heavy (non-hydrogen) atoms. The Morgan fingerprint density at radius 2 is 2.16 bits per heavy atom. The van der Waals surface area contributed by atoms with Gasteiger partial charge in [-0.15, -0.1) is 0 Å². The van der Waals surface area contributed by atoms with Gasteiger partial charge in [-0.3, -0.25) is 4.90 Å². The summed E-state index contributed by atoms with van der Waals surface area (Å²) < 4.78 is 0. The molecule has 102 valence electrons. The van der Waals surface area contributed by atoms with Crippen LogP contribution in [0.5, 0.6) is 0 Å². The SMILES string of the molecule is CCCC(C#N)N1CCN(c2ncncc2Cl)CC1. The zero-order valence-corrected chi connectivity index (χ0v) is 11.8. The van der Waals surface area contributed by atoms with Gasteiger partial charge in [-0.25, -0.2) is 9.97 Å². The molecule has 1 saturated heterocycles. The first-order chi connectivity index (χ1) is 9.26. The second-order valence-corrected chi connectivity index (χ2v) is 5.06. The lowest BCUT2D eigenvalue weighted by molar-refractivity contribution is 0.211. The van der Waals surface area contributed by atoms with Crippen LogP contribution in [0, 0.1) is 11.3 Å². The van der Waals surface area contributed by atoms with E-state index in [2.05, 4.69) is 32.8 Å². The molecule has 0 spiro atoms. The molecular weight excluding hydrogens is 262 g/mol. The molecule has 1 aromatic heterocycles. The number of hydrogen-bond acceptors (Lipinski definition) is 5. The quantitative estimate of drug-likeness (QED) is 0.843. The normalized spacial score (nSPS) is 18.1. The maximum atomic E-state index is 9.19. The molecule has 2 rings (SSSR count). The van der Waals surface area contributed by atoms with Gasteiger partial charge < -0.3 is 4.90 Å². The van der Waals surface area contributed by atoms with Crippen molar-refractivity contribution in [3.05, 3.63) is 17.5 Å². The van der Waals surface area contributed by atoms with Crippen molar-refractivity contribution in [2.75, 3.05) is 31.1 Å². The maximum absolute atomic E-state index is 9.19. The van der Waals surface area contributed by atoms with E-state index in [0.717, 1.165) is 44.8 Å². The molecule has 0 aromatic carbocycles. The molecule has 1 aliphatic rings. The number of piperazine rings is 1. The molecule has 1 atom stereocenters. The summed E-state index contributed by atoms with van der Waals surface area (Å²) in [6.45, 7) is 5.55. The predicted octanol–water partition coefficient (Wildman–Crippen LogP) is 1.94. The smallest absolute Gasteiger partial charge is 0.150 e. The summed E-state index contributed by atoms with van der Waals surface area (Å²) in [5.74, 6) is 0.792. The van der Waals surface area contributed by atoms with E-state index in [1.807, 2.05) is 0 Å². The van der Waals surface area contributed by atoms with E-state index < -0.39 is 0 Å². The predicted molar refractivity (Wildman–Crippen MR) is 75.1 cm³/mol. The highest BCUT2D eigenvalue weighted by atomic mass is 35.5. The van der Waals surface area contributed by atoms with Crippen LogP contribution in [0.2, 0.25) is 5.02 Å². The van der Waals surface area contributed by atoms with Crippen LogP contribution in [0.15, 0.2) is 12.5 Å². The highest BCUT2D eigenvalue weighted by molar-refractivity contribution is 6.32. The summed E-state index contributed by atoms with van der Waals surface area (Å²) >= 11 is 6.10. The van der Waals surface area contributed by atoms with Gasteiger partial charge in [-0.05, 0) is 6.42 Å². The Bertz CT molecular complexity index is 451. The zero-order valence-electron chi connectivity index (χ0n) is 11.1. The molecule has 0 N–H and O–H groups in total. The van der Waals surface area contributed by atoms with Gasteiger partial charge in [-0.1, -0.05) is 24.9 Å². The molecule has 5 nitrogen and oxygen atoms in total. The van der Waals surface area contributed by atoms with Gasteiger partial charge in [0.05, 0.1) is 18.3 Å². The van der Waals surface area contributed by atoms with Gasteiger partial charge in [0.25, 0.3) is 0 Å². The number of aromatic nitrogens is 2. The number of nitrogens with zero attached hydrogens (tertiary/aromatic N) is 5. The van der Waals surface area contributed by atoms with Crippen LogP contribution in [0.4, 0.5) is 5.82 Å². The topological polar surface area (TPSA) is 56.1 Å². The second-order valence-electron chi connectivity index (χ2n) is 4.65. The molecule has 0 amide bonds. The molecule has 1 aliphatic heterocycles. The number of rotatable bonds is 4. The van der Waals surface area contributed by atoms with Gasteiger partial charge in [-0.2, -0.15) is 5.26 Å². The van der Waals surface area contributed by atoms with Crippen LogP contribution in [-0.4, -0.2) is 47.1 Å². The van der Waals surface area contributed by atoms with Crippen molar-refractivity contribution in [2.24, 2.45) is 0 Å². The summed E-state index contributed by atoms with van der Waals surface area (Å²) in [5.41, 5.74) is 0. The van der Waals surface area contributed by atoms with Gasteiger partial charge >= 0.3 is 0 Å². The van der Waals surface area contributed by atoms with Crippen LogP contribution < -0.4 is 4.90 Å². The van der Waals surface area contributed by atoms with E-state index in [0.29, 0.717) is 5.02 Å². The monoisotopic (exact) mass is 279 g/mol. The van der Waals surface area contributed by atoms with Crippen molar-refractivity contribution < 1.29 is 0 Å². The van der Waals surface area contributed by atoms with Crippen LogP contribution >= 0.6 is 11.6 Å². The Hall–Kier alpha value is -1.38. The first-order valence-electron chi connectivity index (χ1n) is 6.60. The third kappa shape index (κ3) is 3.34. The summed E-state index contributed by atoms with van der Waals surface area (Å²) in [4.78, 5) is 12.5. The first-order valence-corrected chi connectivity index (χ1v) is 6.98. The lowest BCUT2D eigenvalue weighted by Crippen LogP contribution is -2.50. The summed E-state index contributed by atoms with van der Waals surface area (Å²) in [5, 5.41) is 9.77. The Balaban J connectivity index is 1.96. The summed E-state index contributed by atoms with van der Waals surface area (Å²) in [7, 11) is 0. The second kappa shape index (κ2) is 6.69. The molecule has 1 unspecified atom stereocenters. The highest BCUT2D eigenvalue weighted by Crippen LogP contribution is 2.23. The van der Waals surface area contributed by atoms with Crippen molar-refractivity contribution in [1.82, 2.24) is 14.9 Å². The fourth-order valence-electron chi connectivity index (χ4n) is 2.39. The highest BCUT2D eigenvalue weighted by Gasteiger charge is 2.24. The lowest BCUT2D eigenvalue weighted by atomic mass is 10.1. The van der Waals surface area contributed by atoms with Crippen molar-refractivity contribution >= 4 is 17.4 Å². The third-order valence-corrected chi connectivity index (χ3v) is 3.68. The Morgan fingerprint density at radius 1 is 1.42 bits per heavy atom. The summed E-state index contributed by atoms with van der Waals surface area (Å²) in [6.07, 6.45) is 5.11. The van der Waals surface area contributed by atoms with Crippen molar-refractivity contribution in [2.45, 2.75) is 25.8 Å². The largest absolute Gasteiger partial charge is 0.353 e. The molecule has 0 radical (unpaired) electrons. The Kier molecular flexibility index (Phi) is 4.94. The van der Waals surface area contributed by atoms with Crippen LogP contribution in [-0.2, 0) is 0 Å². The zero-order chi connectivity index (χ0) is 13.7. The number of nitriles is 1. The molecule has 1 aromatic rings. The lowest BCUT2D eigenvalue weighted by Gasteiger charge is -2.37. The fraction of sp³-hybridized carbons (Fsp3) is 0.615. The van der Waals surface area contributed by atoms with E-state index in [9.17, 15) is 5.26 Å². The minimum Gasteiger partial charge on any atom is -0.353 e. The standard InChI is InChI=1S/C13H18ClN5/c1-2-3-11(8-15)18-4-6-19(7-5-18)13-12(14)9-16-10-17-13/h9-11H,2-7H2,1H3. The molecule has 6 heteroatoms. The van der Waals surface area contributed by atoms with Crippen molar-refractivity contribution in [3.63, 3.8) is 0 Å². The Labute approximate surface area is 118 Å². The molecule has 0 bridgehead atoms. The van der Waals surface area contributed by atoms with Crippen LogP contribution in [0.25, 0.3) is 0 Å². The Morgan fingerprint density at radius 3 is 2.74 bits per heavy atom.